The Kier molecular flexibility index (Phi) is 3.23. The van der Waals surface area contributed by atoms with Gasteiger partial charge in [-0.25, -0.2) is 4.98 Å². The molecule has 0 aliphatic rings. The van der Waals surface area contributed by atoms with Crippen molar-refractivity contribution in [2.24, 2.45) is 0 Å². The number of anilines is 1. The maximum atomic E-state index is 5.58. The van der Waals surface area contributed by atoms with Crippen LogP contribution in [0, 0.1) is 0 Å². The SMILES string of the molecule is Nc1nc(COc2ccccc2Br)cs1. The molecular weight excluding hydrogens is 276 g/mol. The van der Waals surface area contributed by atoms with Gasteiger partial charge in [-0.15, -0.1) is 11.3 Å². The number of nitrogens with two attached hydrogens (primary N) is 1. The van der Waals surface area contributed by atoms with Crippen molar-refractivity contribution >= 4 is 32.4 Å². The summed E-state index contributed by atoms with van der Waals surface area (Å²) in [7, 11) is 0. The number of aromatic nitrogens is 1. The van der Waals surface area contributed by atoms with E-state index in [1.165, 1.54) is 11.3 Å². The summed E-state index contributed by atoms with van der Waals surface area (Å²) in [6.45, 7) is 0.441. The van der Waals surface area contributed by atoms with Crippen LogP contribution in [0.2, 0.25) is 0 Å². The molecule has 0 atom stereocenters. The molecule has 2 N–H and O–H groups in total. The Hall–Kier alpha value is -1.07. The Morgan fingerprint density at radius 2 is 2.20 bits per heavy atom. The molecule has 2 aromatic rings. The fourth-order valence-corrected chi connectivity index (χ4v) is 2.05. The Bertz CT molecular complexity index is 458. The van der Waals surface area contributed by atoms with Crippen LogP contribution in [0.25, 0.3) is 0 Å². The van der Waals surface area contributed by atoms with Crippen molar-refractivity contribution in [3.63, 3.8) is 0 Å². The van der Waals surface area contributed by atoms with Gasteiger partial charge in [-0.3, -0.25) is 0 Å². The molecule has 15 heavy (non-hydrogen) atoms. The van der Waals surface area contributed by atoms with Gasteiger partial charge >= 0.3 is 0 Å². The monoisotopic (exact) mass is 284 g/mol. The summed E-state index contributed by atoms with van der Waals surface area (Å²) >= 11 is 4.83. The highest BCUT2D eigenvalue weighted by Crippen LogP contribution is 2.24. The van der Waals surface area contributed by atoms with E-state index in [4.69, 9.17) is 10.5 Å². The predicted octanol–water partition coefficient (Wildman–Crippen LogP) is 3.07. The minimum atomic E-state index is 0.441. The lowest BCUT2D eigenvalue weighted by Gasteiger charge is -2.05. The van der Waals surface area contributed by atoms with Crippen molar-refractivity contribution in [1.29, 1.82) is 0 Å². The highest BCUT2D eigenvalue weighted by molar-refractivity contribution is 9.10. The van der Waals surface area contributed by atoms with Crippen LogP contribution in [0.5, 0.6) is 5.75 Å². The van der Waals surface area contributed by atoms with E-state index in [0.717, 1.165) is 15.9 Å². The van der Waals surface area contributed by atoms with Gasteiger partial charge in [0.15, 0.2) is 5.13 Å². The second-order valence-electron chi connectivity index (χ2n) is 2.90. The number of hydrogen-bond donors (Lipinski definition) is 1. The Morgan fingerprint density at radius 3 is 2.87 bits per heavy atom. The summed E-state index contributed by atoms with van der Waals surface area (Å²) in [5.41, 5.74) is 6.37. The van der Waals surface area contributed by atoms with Gasteiger partial charge < -0.3 is 10.5 Å². The fraction of sp³-hybridized carbons (Fsp3) is 0.100. The second kappa shape index (κ2) is 4.63. The third-order valence-corrected chi connectivity index (χ3v) is 3.16. The summed E-state index contributed by atoms with van der Waals surface area (Å²) in [5, 5.41) is 2.47. The average molecular weight is 285 g/mol. The van der Waals surface area contributed by atoms with Crippen LogP contribution in [0.1, 0.15) is 5.69 Å². The van der Waals surface area contributed by atoms with E-state index in [2.05, 4.69) is 20.9 Å². The molecule has 0 unspecified atom stereocenters. The highest BCUT2D eigenvalue weighted by atomic mass is 79.9. The number of nitrogen functional groups attached to an aromatic ring is 1. The normalized spacial score (nSPS) is 10.2. The lowest BCUT2D eigenvalue weighted by molar-refractivity contribution is 0.300. The summed E-state index contributed by atoms with van der Waals surface area (Å²) in [6.07, 6.45) is 0. The minimum Gasteiger partial charge on any atom is -0.486 e. The number of ether oxygens (including phenoxy) is 1. The van der Waals surface area contributed by atoms with Crippen molar-refractivity contribution in [1.82, 2.24) is 4.98 Å². The molecule has 2 rings (SSSR count). The van der Waals surface area contributed by atoms with Crippen LogP contribution < -0.4 is 10.5 Å². The number of nitrogens with zero attached hydrogens (tertiary/aromatic N) is 1. The van der Waals surface area contributed by atoms with Crippen molar-refractivity contribution in [3.05, 3.63) is 39.8 Å². The first-order valence-corrected chi connectivity index (χ1v) is 6.00. The summed E-state index contributed by atoms with van der Waals surface area (Å²) < 4.78 is 6.52. The van der Waals surface area contributed by atoms with Gasteiger partial charge in [0.25, 0.3) is 0 Å². The predicted molar refractivity (Wildman–Crippen MR) is 65.0 cm³/mol. The highest BCUT2D eigenvalue weighted by Gasteiger charge is 2.02. The van der Waals surface area contributed by atoms with Gasteiger partial charge in [-0.1, -0.05) is 12.1 Å². The fourth-order valence-electron chi connectivity index (χ4n) is 1.10. The van der Waals surface area contributed by atoms with E-state index in [1.54, 1.807) is 0 Å². The van der Waals surface area contributed by atoms with E-state index < -0.39 is 0 Å². The van der Waals surface area contributed by atoms with E-state index >= 15 is 0 Å². The first kappa shape index (κ1) is 10.4. The summed E-state index contributed by atoms with van der Waals surface area (Å²) in [5.74, 6) is 0.809. The Balaban J connectivity index is 2.02. The zero-order valence-electron chi connectivity index (χ0n) is 7.81. The molecule has 0 spiro atoms. The van der Waals surface area contributed by atoms with Gasteiger partial charge in [-0.2, -0.15) is 0 Å². The zero-order chi connectivity index (χ0) is 10.7. The molecule has 0 amide bonds. The van der Waals surface area contributed by atoms with Crippen LogP contribution in [-0.4, -0.2) is 4.98 Å². The number of halogens is 1. The largest absolute Gasteiger partial charge is 0.486 e. The molecule has 1 aromatic heterocycles. The molecule has 1 heterocycles. The maximum absolute atomic E-state index is 5.58. The number of hydrogen-bond acceptors (Lipinski definition) is 4. The molecule has 5 heteroatoms. The molecule has 3 nitrogen and oxygen atoms in total. The molecule has 1 aromatic carbocycles. The van der Waals surface area contributed by atoms with Gasteiger partial charge in [-0.05, 0) is 28.1 Å². The number of thiazole rings is 1. The first-order chi connectivity index (χ1) is 7.25. The summed E-state index contributed by atoms with van der Waals surface area (Å²) in [6, 6.07) is 7.71. The molecule has 0 fully saturated rings. The topological polar surface area (TPSA) is 48.1 Å². The van der Waals surface area contributed by atoms with E-state index in [9.17, 15) is 0 Å². The summed E-state index contributed by atoms with van der Waals surface area (Å²) in [4.78, 5) is 4.11. The smallest absolute Gasteiger partial charge is 0.180 e. The molecule has 0 bridgehead atoms. The minimum absolute atomic E-state index is 0.441. The van der Waals surface area contributed by atoms with E-state index in [0.29, 0.717) is 11.7 Å². The lowest BCUT2D eigenvalue weighted by atomic mass is 10.3. The molecule has 0 saturated heterocycles. The van der Waals surface area contributed by atoms with Crippen LogP contribution in [0.15, 0.2) is 34.1 Å². The lowest BCUT2D eigenvalue weighted by Crippen LogP contribution is -1.96. The zero-order valence-corrected chi connectivity index (χ0v) is 10.2. The third-order valence-electron chi connectivity index (χ3n) is 1.78. The van der Waals surface area contributed by atoms with Crippen LogP contribution in [-0.2, 0) is 6.61 Å². The van der Waals surface area contributed by atoms with Crippen molar-refractivity contribution in [2.45, 2.75) is 6.61 Å². The molecular formula is C10H9BrN2OS. The number of para-hydroxylation sites is 1. The molecule has 0 aliphatic heterocycles. The number of benzene rings is 1. The Labute approximate surface area is 100 Å². The van der Waals surface area contributed by atoms with Crippen molar-refractivity contribution in [2.75, 3.05) is 5.73 Å². The van der Waals surface area contributed by atoms with Crippen LogP contribution >= 0.6 is 27.3 Å². The van der Waals surface area contributed by atoms with E-state index in [1.807, 2.05) is 29.6 Å². The quantitative estimate of drug-likeness (QED) is 0.942. The van der Waals surface area contributed by atoms with Crippen LogP contribution in [0.3, 0.4) is 0 Å². The van der Waals surface area contributed by atoms with Crippen molar-refractivity contribution in [3.8, 4) is 5.75 Å². The second-order valence-corrected chi connectivity index (χ2v) is 4.64. The molecule has 0 aliphatic carbocycles. The molecule has 78 valence electrons. The Morgan fingerprint density at radius 1 is 1.40 bits per heavy atom. The third kappa shape index (κ3) is 2.70. The maximum Gasteiger partial charge on any atom is 0.180 e. The van der Waals surface area contributed by atoms with Gasteiger partial charge in [0.2, 0.25) is 0 Å². The molecule has 0 radical (unpaired) electrons. The molecule has 0 saturated carbocycles. The first-order valence-electron chi connectivity index (χ1n) is 4.33. The number of rotatable bonds is 3. The van der Waals surface area contributed by atoms with Gasteiger partial charge in [0, 0.05) is 5.38 Å². The van der Waals surface area contributed by atoms with Gasteiger partial charge in [0.05, 0.1) is 10.2 Å². The van der Waals surface area contributed by atoms with E-state index in [-0.39, 0.29) is 0 Å². The van der Waals surface area contributed by atoms with Crippen molar-refractivity contribution < 1.29 is 4.74 Å². The standard InChI is InChI=1S/C10H9BrN2OS/c11-8-3-1-2-4-9(8)14-5-7-6-15-10(12)13-7/h1-4,6H,5H2,(H2,12,13). The van der Waals surface area contributed by atoms with Gasteiger partial charge in [0.1, 0.15) is 12.4 Å². The average Bonchev–Trinajstić information content (AvgIpc) is 2.63. The van der Waals surface area contributed by atoms with Crippen LogP contribution in [0.4, 0.5) is 5.13 Å².